The van der Waals surface area contributed by atoms with Gasteiger partial charge in [0.2, 0.25) is 5.91 Å². The molecular formula is C21H25N5O2S. The Morgan fingerprint density at radius 3 is 2.86 bits per heavy atom. The predicted octanol–water partition coefficient (Wildman–Crippen LogP) is 3.31. The number of piperidine rings is 1. The zero-order chi connectivity index (χ0) is 20.2. The molecule has 3 aromatic rings. The lowest BCUT2D eigenvalue weighted by atomic mass is 9.90. The van der Waals surface area contributed by atoms with Crippen LogP contribution in [0.1, 0.15) is 40.8 Å². The molecule has 0 saturated carbocycles. The third-order valence-electron chi connectivity index (χ3n) is 5.21. The van der Waals surface area contributed by atoms with Crippen LogP contribution < -0.4 is 5.32 Å². The van der Waals surface area contributed by atoms with Crippen LogP contribution in [0.3, 0.4) is 0 Å². The average molecular weight is 412 g/mol. The van der Waals surface area contributed by atoms with E-state index in [0.717, 1.165) is 48.7 Å². The van der Waals surface area contributed by atoms with Gasteiger partial charge in [0.25, 0.3) is 0 Å². The molecule has 1 saturated heterocycles. The summed E-state index contributed by atoms with van der Waals surface area (Å²) < 4.78 is 5.46. The van der Waals surface area contributed by atoms with Crippen LogP contribution in [0.15, 0.2) is 34.3 Å². The van der Waals surface area contributed by atoms with Gasteiger partial charge in [-0.15, -0.1) is 11.3 Å². The van der Waals surface area contributed by atoms with Gasteiger partial charge >= 0.3 is 0 Å². The van der Waals surface area contributed by atoms with Crippen molar-refractivity contribution in [3.63, 3.8) is 0 Å². The van der Waals surface area contributed by atoms with Crippen molar-refractivity contribution in [2.45, 2.75) is 39.2 Å². The summed E-state index contributed by atoms with van der Waals surface area (Å²) in [5.74, 6) is 1.87. The van der Waals surface area contributed by atoms with Crippen LogP contribution in [-0.2, 0) is 11.3 Å². The van der Waals surface area contributed by atoms with E-state index >= 15 is 0 Å². The fraction of sp³-hybridized carbons (Fsp3) is 0.429. The van der Waals surface area contributed by atoms with E-state index in [-0.39, 0.29) is 5.91 Å². The lowest BCUT2D eigenvalue weighted by Crippen LogP contribution is -2.41. The van der Waals surface area contributed by atoms with E-state index in [1.807, 2.05) is 43.6 Å². The van der Waals surface area contributed by atoms with Gasteiger partial charge in [-0.3, -0.25) is 9.69 Å². The minimum atomic E-state index is 0.0764. The monoisotopic (exact) mass is 411 g/mol. The zero-order valence-electron chi connectivity index (χ0n) is 16.7. The number of aryl methyl sites for hydroxylation is 2. The van der Waals surface area contributed by atoms with Crippen molar-refractivity contribution in [2.24, 2.45) is 0 Å². The van der Waals surface area contributed by atoms with Gasteiger partial charge in [0.15, 0.2) is 5.76 Å². The molecule has 0 spiro atoms. The van der Waals surface area contributed by atoms with Crippen molar-refractivity contribution in [1.29, 1.82) is 0 Å². The lowest BCUT2D eigenvalue weighted by Gasteiger charge is -2.31. The largest absolute Gasteiger partial charge is 0.356 e. The van der Waals surface area contributed by atoms with Crippen molar-refractivity contribution < 1.29 is 9.32 Å². The summed E-state index contributed by atoms with van der Waals surface area (Å²) in [5, 5.41) is 9.03. The van der Waals surface area contributed by atoms with E-state index in [4.69, 9.17) is 9.51 Å². The number of nitrogens with one attached hydrogen (secondary N) is 1. The number of rotatable bonds is 6. The van der Waals surface area contributed by atoms with Gasteiger partial charge in [0.05, 0.1) is 30.0 Å². The summed E-state index contributed by atoms with van der Waals surface area (Å²) in [6.45, 7) is 6.60. The molecular weight excluding hydrogens is 386 g/mol. The zero-order valence-corrected chi connectivity index (χ0v) is 17.5. The summed E-state index contributed by atoms with van der Waals surface area (Å²) in [4.78, 5) is 24.7. The molecule has 0 aromatic carbocycles. The SMILES string of the molecule is Cc1cc(-c2cnc(C)nc2C2CCN(CC(=O)NCc3cccs3)CC2)on1. The number of amides is 1. The second kappa shape index (κ2) is 8.84. The fourth-order valence-electron chi connectivity index (χ4n) is 3.70. The molecule has 29 heavy (non-hydrogen) atoms. The fourth-order valence-corrected chi connectivity index (χ4v) is 4.35. The molecule has 152 valence electrons. The smallest absolute Gasteiger partial charge is 0.234 e. The summed E-state index contributed by atoms with van der Waals surface area (Å²) in [5.41, 5.74) is 2.79. The first-order chi connectivity index (χ1) is 14.1. The maximum atomic E-state index is 12.3. The number of hydrogen-bond donors (Lipinski definition) is 1. The van der Waals surface area contributed by atoms with E-state index in [2.05, 4.69) is 20.4 Å². The minimum absolute atomic E-state index is 0.0764. The van der Waals surface area contributed by atoms with Crippen LogP contribution >= 0.6 is 11.3 Å². The Hall–Kier alpha value is -2.58. The number of carbonyl (C=O) groups is 1. The first kappa shape index (κ1) is 19.7. The highest BCUT2D eigenvalue weighted by atomic mass is 32.1. The molecule has 1 aliphatic rings. The highest BCUT2D eigenvalue weighted by Gasteiger charge is 2.26. The van der Waals surface area contributed by atoms with E-state index in [9.17, 15) is 4.79 Å². The molecule has 3 aromatic heterocycles. The molecule has 0 atom stereocenters. The van der Waals surface area contributed by atoms with Crippen molar-refractivity contribution in [2.75, 3.05) is 19.6 Å². The highest BCUT2D eigenvalue weighted by Crippen LogP contribution is 2.34. The van der Waals surface area contributed by atoms with E-state index in [1.165, 1.54) is 4.88 Å². The third kappa shape index (κ3) is 4.89. The van der Waals surface area contributed by atoms with Crippen LogP contribution in [0, 0.1) is 13.8 Å². The third-order valence-corrected chi connectivity index (χ3v) is 6.09. The van der Waals surface area contributed by atoms with E-state index < -0.39 is 0 Å². The number of thiophene rings is 1. The van der Waals surface area contributed by atoms with Crippen molar-refractivity contribution in [3.05, 3.63) is 51.9 Å². The van der Waals surface area contributed by atoms with Crippen LogP contribution in [0.5, 0.6) is 0 Å². The topological polar surface area (TPSA) is 84.2 Å². The molecule has 0 unspecified atom stereocenters. The van der Waals surface area contributed by atoms with Gasteiger partial charge in [-0.1, -0.05) is 11.2 Å². The van der Waals surface area contributed by atoms with Gasteiger partial charge < -0.3 is 9.84 Å². The Balaban J connectivity index is 1.36. The van der Waals surface area contributed by atoms with Gasteiger partial charge in [0.1, 0.15) is 5.82 Å². The maximum absolute atomic E-state index is 12.3. The van der Waals surface area contributed by atoms with Crippen molar-refractivity contribution >= 4 is 17.2 Å². The summed E-state index contributed by atoms with van der Waals surface area (Å²) in [6, 6.07) is 5.96. The molecule has 0 aliphatic carbocycles. The second-order valence-electron chi connectivity index (χ2n) is 7.46. The van der Waals surface area contributed by atoms with Gasteiger partial charge in [0, 0.05) is 23.1 Å². The molecule has 8 heteroatoms. The standard InChI is InChI=1S/C21H25N5O2S/c1-14-10-19(28-25-14)18-12-22-15(2)24-21(18)16-5-7-26(8-6-16)13-20(27)23-11-17-4-3-9-29-17/h3-4,9-10,12,16H,5-8,11,13H2,1-2H3,(H,23,27). The summed E-state index contributed by atoms with van der Waals surface area (Å²) in [7, 11) is 0. The molecule has 4 rings (SSSR count). The van der Waals surface area contributed by atoms with E-state index in [0.29, 0.717) is 24.8 Å². The molecule has 0 bridgehead atoms. The normalized spacial score (nSPS) is 15.5. The molecule has 1 amide bonds. The average Bonchev–Trinajstić information content (AvgIpc) is 3.39. The molecule has 7 nitrogen and oxygen atoms in total. The number of aromatic nitrogens is 3. The highest BCUT2D eigenvalue weighted by molar-refractivity contribution is 7.09. The van der Waals surface area contributed by atoms with E-state index in [1.54, 1.807) is 11.3 Å². The maximum Gasteiger partial charge on any atom is 0.234 e. The van der Waals surface area contributed by atoms with Crippen LogP contribution in [0.2, 0.25) is 0 Å². The summed E-state index contributed by atoms with van der Waals surface area (Å²) >= 11 is 1.66. The van der Waals surface area contributed by atoms with Gasteiger partial charge in [-0.2, -0.15) is 0 Å². The number of nitrogens with zero attached hydrogens (tertiary/aromatic N) is 4. The van der Waals surface area contributed by atoms with Crippen LogP contribution in [0.25, 0.3) is 11.3 Å². The summed E-state index contributed by atoms with van der Waals surface area (Å²) in [6.07, 6.45) is 3.74. The number of hydrogen-bond acceptors (Lipinski definition) is 7. The number of likely N-dealkylation sites (tertiary alicyclic amines) is 1. The Bertz CT molecular complexity index is 961. The number of carbonyl (C=O) groups excluding carboxylic acids is 1. The Kier molecular flexibility index (Phi) is 6.01. The van der Waals surface area contributed by atoms with Crippen molar-refractivity contribution in [3.8, 4) is 11.3 Å². The second-order valence-corrected chi connectivity index (χ2v) is 8.49. The molecule has 0 radical (unpaired) electrons. The predicted molar refractivity (Wildman–Crippen MR) is 112 cm³/mol. The van der Waals surface area contributed by atoms with Crippen molar-refractivity contribution in [1.82, 2.24) is 25.3 Å². The molecule has 4 heterocycles. The van der Waals surface area contributed by atoms with Crippen LogP contribution in [0.4, 0.5) is 0 Å². The Morgan fingerprint density at radius 2 is 2.17 bits per heavy atom. The Morgan fingerprint density at radius 1 is 1.34 bits per heavy atom. The molecule has 1 fully saturated rings. The molecule has 1 N–H and O–H groups in total. The van der Waals surface area contributed by atoms with Crippen LogP contribution in [-0.4, -0.2) is 45.6 Å². The minimum Gasteiger partial charge on any atom is -0.356 e. The molecule has 1 aliphatic heterocycles. The van der Waals surface area contributed by atoms with Gasteiger partial charge in [-0.05, 0) is 51.2 Å². The first-order valence-electron chi connectivity index (χ1n) is 9.87. The Labute approximate surface area is 174 Å². The first-order valence-corrected chi connectivity index (χ1v) is 10.7. The van der Waals surface area contributed by atoms with Gasteiger partial charge in [-0.25, -0.2) is 9.97 Å². The quantitative estimate of drug-likeness (QED) is 0.670. The lowest BCUT2D eigenvalue weighted by molar-refractivity contribution is -0.122.